The highest BCUT2D eigenvalue weighted by Gasteiger charge is 2.26. The molecule has 1 atom stereocenters. The molecule has 92 valence electrons. The number of anilines is 1. The van der Waals surface area contributed by atoms with Gasteiger partial charge in [-0.3, -0.25) is 0 Å². The fourth-order valence-electron chi connectivity index (χ4n) is 3.82. The van der Waals surface area contributed by atoms with Crippen LogP contribution in [-0.4, -0.2) is 0 Å². The molecule has 0 aliphatic heterocycles. The minimum absolute atomic E-state index is 0.656. The lowest BCUT2D eigenvalue weighted by Gasteiger charge is -2.22. The first kappa shape index (κ1) is 11.1. The van der Waals surface area contributed by atoms with Gasteiger partial charge in [-0.25, -0.2) is 0 Å². The quantitative estimate of drug-likeness (QED) is 0.761. The molecule has 1 aromatic carbocycles. The summed E-state index contributed by atoms with van der Waals surface area (Å²) in [5.74, 6) is 1.53. The number of aryl methyl sites for hydroxylation is 1. The number of hydrogen-bond acceptors (Lipinski definition) is 1. The van der Waals surface area contributed by atoms with Crippen LogP contribution in [0.4, 0.5) is 5.69 Å². The molecule has 3 rings (SSSR count). The maximum atomic E-state index is 6.40. The Morgan fingerprint density at radius 2 is 1.88 bits per heavy atom. The van der Waals surface area contributed by atoms with E-state index < -0.39 is 0 Å². The summed E-state index contributed by atoms with van der Waals surface area (Å²) in [7, 11) is 0. The van der Waals surface area contributed by atoms with Crippen molar-refractivity contribution in [3.8, 4) is 0 Å². The minimum Gasteiger partial charge on any atom is -0.398 e. The second-order valence-electron chi connectivity index (χ2n) is 5.89. The van der Waals surface area contributed by atoms with E-state index in [1.165, 1.54) is 61.6 Å². The maximum absolute atomic E-state index is 6.40. The molecular formula is C16H23N. The number of fused-ring (bicyclic) bond motifs is 1. The van der Waals surface area contributed by atoms with Crippen LogP contribution in [0, 0.1) is 5.92 Å². The minimum atomic E-state index is 0.656. The standard InChI is InChI=1S/C16H23N/c1-11(12-5-2-3-6-12)14-10-9-13-7-4-8-15(13)16(14)17/h9-12H,2-8,17H2,1H3/t11-/m1/s1. The first-order valence-electron chi connectivity index (χ1n) is 7.17. The van der Waals surface area contributed by atoms with Crippen molar-refractivity contribution in [3.63, 3.8) is 0 Å². The van der Waals surface area contributed by atoms with E-state index in [0.29, 0.717) is 5.92 Å². The van der Waals surface area contributed by atoms with Gasteiger partial charge >= 0.3 is 0 Å². The van der Waals surface area contributed by atoms with Crippen molar-refractivity contribution in [2.24, 2.45) is 5.92 Å². The summed E-state index contributed by atoms with van der Waals surface area (Å²) in [6.07, 6.45) is 9.36. The topological polar surface area (TPSA) is 26.0 Å². The van der Waals surface area contributed by atoms with Gasteiger partial charge in [-0.1, -0.05) is 31.9 Å². The van der Waals surface area contributed by atoms with Gasteiger partial charge in [-0.15, -0.1) is 0 Å². The molecule has 1 fully saturated rings. The van der Waals surface area contributed by atoms with Crippen molar-refractivity contribution in [2.45, 2.75) is 57.8 Å². The van der Waals surface area contributed by atoms with Crippen LogP contribution in [0.2, 0.25) is 0 Å². The van der Waals surface area contributed by atoms with E-state index in [4.69, 9.17) is 5.73 Å². The third-order valence-corrected chi connectivity index (χ3v) is 4.96. The average Bonchev–Trinajstić information content (AvgIpc) is 3.00. The summed E-state index contributed by atoms with van der Waals surface area (Å²) in [6.45, 7) is 2.38. The Morgan fingerprint density at radius 1 is 1.12 bits per heavy atom. The summed E-state index contributed by atoms with van der Waals surface area (Å²) in [6, 6.07) is 4.64. The molecule has 0 unspecified atom stereocenters. The Bertz CT molecular complexity index is 416. The van der Waals surface area contributed by atoms with Crippen molar-refractivity contribution in [3.05, 3.63) is 28.8 Å². The molecule has 0 spiro atoms. The van der Waals surface area contributed by atoms with E-state index in [9.17, 15) is 0 Å². The van der Waals surface area contributed by atoms with E-state index >= 15 is 0 Å². The van der Waals surface area contributed by atoms with E-state index in [1.807, 2.05) is 0 Å². The van der Waals surface area contributed by atoms with Gasteiger partial charge in [0.1, 0.15) is 0 Å². The zero-order valence-corrected chi connectivity index (χ0v) is 10.8. The summed E-state index contributed by atoms with van der Waals surface area (Å²) in [5.41, 5.74) is 11.9. The fraction of sp³-hybridized carbons (Fsp3) is 0.625. The molecule has 17 heavy (non-hydrogen) atoms. The van der Waals surface area contributed by atoms with Gasteiger partial charge in [0.2, 0.25) is 0 Å². The van der Waals surface area contributed by atoms with Crippen LogP contribution in [0.5, 0.6) is 0 Å². The highest BCUT2D eigenvalue weighted by molar-refractivity contribution is 5.60. The van der Waals surface area contributed by atoms with Crippen molar-refractivity contribution in [2.75, 3.05) is 5.73 Å². The molecule has 0 bridgehead atoms. The normalized spacial score (nSPS) is 21.7. The molecule has 0 amide bonds. The Balaban J connectivity index is 1.92. The number of nitrogens with two attached hydrogens (primary N) is 1. The van der Waals surface area contributed by atoms with E-state index in [1.54, 1.807) is 0 Å². The SMILES string of the molecule is C[C@@H](c1ccc2c(c1N)CCC2)C1CCCC1. The Morgan fingerprint density at radius 3 is 2.65 bits per heavy atom. The zero-order chi connectivity index (χ0) is 11.8. The molecule has 2 aliphatic rings. The summed E-state index contributed by atoms with van der Waals surface area (Å²) < 4.78 is 0. The Kier molecular flexibility index (Phi) is 2.85. The Labute approximate surface area is 104 Å². The van der Waals surface area contributed by atoms with Crippen molar-refractivity contribution in [1.82, 2.24) is 0 Å². The zero-order valence-electron chi connectivity index (χ0n) is 10.8. The highest BCUT2D eigenvalue weighted by Crippen LogP contribution is 2.41. The molecular weight excluding hydrogens is 206 g/mol. The molecule has 1 aromatic rings. The van der Waals surface area contributed by atoms with Crippen molar-refractivity contribution in [1.29, 1.82) is 0 Å². The molecule has 0 heterocycles. The fourth-order valence-corrected chi connectivity index (χ4v) is 3.82. The first-order valence-corrected chi connectivity index (χ1v) is 7.17. The largest absolute Gasteiger partial charge is 0.398 e. The average molecular weight is 229 g/mol. The van der Waals surface area contributed by atoms with Gasteiger partial charge in [0.05, 0.1) is 0 Å². The molecule has 1 heteroatoms. The van der Waals surface area contributed by atoms with Crippen LogP contribution in [0.1, 0.15) is 61.6 Å². The predicted molar refractivity (Wildman–Crippen MR) is 73.3 cm³/mol. The lowest BCUT2D eigenvalue weighted by Crippen LogP contribution is -2.10. The van der Waals surface area contributed by atoms with E-state index in [-0.39, 0.29) is 0 Å². The molecule has 0 saturated heterocycles. The van der Waals surface area contributed by atoms with Crippen LogP contribution in [0.25, 0.3) is 0 Å². The summed E-state index contributed by atoms with van der Waals surface area (Å²) in [5, 5.41) is 0. The third-order valence-electron chi connectivity index (χ3n) is 4.96. The molecule has 1 nitrogen and oxygen atoms in total. The van der Waals surface area contributed by atoms with Gasteiger partial charge in [-0.05, 0) is 60.6 Å². The van der Waals surface area contributed by atoms with Gasteiger partial charge in [0.15, 0.2) is 0 Å². The summed E-state index contributed by atoms with van der Waals surface area (Å²) >= 11 is 0. The second kappa shape index (κ2) is 4.36. The number of rotatable bonds is 2. The van der Waals surface area contributed by atoms with E-state index in [2.05, 4.69) is 19.1 Å². The second-order valence-corrected chi connectivity index (χ2v) is 5.89. The van der Waals surface area contributed by atoms with Crippen LogP contribution in [0.3, 0.4) is 0 Å². The predicted octanol–water partition coefficient (Wildman–Crippen LogP) is 4.05. The molecule has 1 saturated carbocycles. The van der Waals surface area contributed by atoms with Gasteiger partial charge in [0, 0.05) is 5.69 Å². The smallest absolute Gasteiger partial charge is 0.0384 e. The van der Waals surface area contributed by atoms with Crippen LogP contribution in [0.15, 0.2) is 12.1 Å². The lowest BCUT2D eigenvalue weighted by molar-refractivity contribution is 0.462. The first-order chi connectivity index (χ1) is 8.27. The van der Waals surface area contributed by atoms with Crippen LogP contribution >= 0.6 is 0 Å². The van der Waals surface area contributed by atoms with Crippen molar-refractivity contribution < 1.29 is 0 Å². The lowest BCUT2D eigenvalue weighted by atomic mass is 9.84. The molecule has 2 aliphatic carbocycles. The maximum Gasteiger partial charge on any atom is 0.0384 e. The van der Waals surface area contributed by atoms with Crippen molar-refractivity contribution >= 4 is 5.69 Å². The molecule has 0 aromatic heterocycles. The monoisotopic (exact) mass is 229 g/mol. The number of benzene rings is 1. The van der Waals surface area contributed by atoms with Gasteiger partial charge in [0.25, 0.3) is 0 Å². The Hall–Kier alpha value is -0.980. The highest BCUT2D eigenvalue weighted by atomic mass is 14.6. The third kappa shape index (κ3) is 1.86. The van der Waals surface area contributed by atoms with Gasteiger partial charge < -0.3 is 5.73 Å². The number of nitrogen functional groups attached to an aromatic ring is 1. The summed E-state index contributed by atoms with van der Waals surface area (Å²) in [4.78, 5) is 0. The van der Waals surface area contributed by atoms with Gasteiger partial charge in [-0.2, -0.15) is 0 Å². The van der Waals surface area contributed by atoms with E-state index in [0.717, 1.165) is 11.6 Å². The molecule has 2 N–H and O–H groups in total. The number of hydrogen-bond donors (Lipinski definition) is 1. The van der Waals surface area contributed by atoms with Crippen LogP contribution in [-0.2, 0) is 12.8 Å². The van der Waals surface area contributed by atoms with Crippen LogP contribution < -0.4 is 5.73 Å². The molecule has 0 radical (unpaired) electrons.